The van der Waals surface area contributed by atoms with Gasteiger partial charge in [-0.2, -0.15) is 0 Å². The van der Waals surface area contributed by atoms with Crippen LogP contribution in [-0.2, 0) is 6.54 Å². The van der Waals surface area contributed by atoms with Gasteiger partial charge in [0, 0.05) is 12.2 Å². The average molecular weight is 294 g/mol. The third kappa shape index (κ3) is 3.27. The minimum absolute atomic E-state index is 0.128. The predicted octanol–water partition coefficient (Wildman–Crippen LogP) is 3.67. The summed E-state index contributed by atoms with van der Waals surface area (Å²) in [5.41, 5.74) is 1.88. The summed E-state index contributed by atoms with van der Waals surface area (Å²) in [7, 11) is 3.10. The van der Waals surface area contributed by atoms with Gasteiger partial charge in [-0.1, -0.05) is 17.7 Å². The fourth-order valence-electron chi connectivity index (χ4n) is 1.81. The first-order valence-electron chi connectivity index (χ1n) is 6.07. The highest BCUT2D eigenvalue weighted by Gasteiger charge is 2.04. The van der Waals surface area contributed by atoms with E-state index in [-0.39, 0.29) is 5.75 Å². The Morgan fingerprint density at radius 3 is 2.45 bits per heavy atom. The van der Waals surface area contributed by atoms with Gasteiger partial charge in [0.1, 0.15) is 5.75 Å². The Hall–Kier alpha value is -2.07. The lowest BCUT2D eigenvalue weighted by atomic mass is 10.2. The summed E-state index contributed by atoms with van der Waals surface area (Å²) >= 11 is 6.06. The second kappa shape index (κ2) is 6.39. The van der Waals surface area contributed by atoms with E-state index >= 15 is 0 Å². The summed E-state index contributed by atoms with van der Waals surface area (Å²) in [6, 6.07) is 10.7. The summed E-state index contributed by atoms with van der Waals surface area (Å²) in [5.74, 6) is 1.23. The number of ether oxygens (including phenoxy) is 2. The largest absolute Gasteiger partial charge is 0.504 e. The number of benzene rings is 2. The molecule has 0 amide bonds. The van der Waals surface area contributed by atoms with Gasteiger partial charge in [0.05, 0.1) is 19.2 Å². The van der Waals surface area contributed by atoms with E-state index in [0.29, 0.717) is 23.1 Å². The molecule has 2 aromatic carbocycles. The van der Waals surface area contributed by atoms with Crippen LogP contribution in [0.5, 0.6) is 17.2 Å². The SMILES string of the molecule is COc1cc(CNc2ccc(OC)c(Cl)c2)ccc1O. The van der Waals surface area contributed by atoms with Gasteiger partial charge in [-0.3, -0.25) is 0 Å². The smallest absolute Gasteiger partial charge is 0.160 e. The van der Waals surface area contributed by atoms with Crippen LogP contribution in [0.2, 0.25) is 5.02 Å². The van der Waals surface area contributed by atoms with Gasteiger partial charge in [0.15, 0.2) is 11.5 Å². The number of rotatable bonds is 5. The van der Waals surface area contributed by atoms with E-state index in [0.717, 1.165) is 11.3 Å². The van der Waals surface area contributed by atoms with E-state index < -0.39 is 0 Å². The highest BCUT2D eigenvalue weighted by Crippen LogP contribution is 2.29. The minimum Gasteiger partial charge on any atom is -0.504 e. The number of hydrogen-bond acceptors (Lipinski definition) is 4. The monoisotopic (exact) mass is 293 g/mol. The van der Waals surface area contributed by atoms with Crippen LogP contribution in [0.3, 0.4) is 0 Å². The second-order valence-corrected chi connectivity index (χ2v) is 4.62. The molecule has 0 fully saturated rings. The van der Waals surface area contributed by atoms with Crippen molar-refractivity contribution in [3.63, 3.8) is 0 Å². The molecule has 0 atom stereocenters. The van der Waals surface area contributed by atoms with Crippen LogP contribution in [0.1, 0.15) is 5.56 Å². The van der Waals surface area contributed by atoms with Gasteiger partial charge in [-0.25, -0.2) is 0 Å². The van der Waals surface area contributed by atoms with Crippen LogP contribution in [0.25, 0.3) is 0 Å². The molecule has 0 radical (unpaired) electrons. The Balaban J connectivity index is 2.07. The number of aromatic hydroxyl groups is 1. The van der Waals surface area contributed by atoms with Crippen molar-refractivity contribution in [3.8, 4) is 17.2 Å². The molecule has 0 aliphatic heterocycles. The molecule has 0 aliphatic carbocycles. The van der Waals surface area contributed by atoms with Gasteiger partial charge in [-0.15, -0.1) is 0 Å². The van der Waals surface area contributed by atoms with E-state index in [2.05, 4.69) is 5.32 Å². The van der Waals surface area contributed by atoms with E-state index in [1.807, 2.05) is 18.2 Å². The van der Waals surface area contributed by atoms with E-state index in [1.54, 1.807) is 25.3 Å². The lowest BCUT2D eigenvalue weighted by molar-refractivity contribution is 0.373. The lowest BCUT2D eigenvalue weighted by Crippen LogP contribution is -2.00. The molecule has 2 N–H and O–H groups in total. The summed E-state index contributed by atoms with van der Waals surface area (Å²) in [6.07, 6.45) is 0. The molecule has 2 rings (SSSR count). The molecule has 0 aliphatic rings. The van der Waals surface area contributed by atoms with Crippen molar-refractivity contribution < 1.29 is 14.6 Å². The number of phenolic OH excluding ortho intramolecular Hbond substituents is 1. The number of phenols is 1. The minimum atomic E-state index is 0.128. The summed E-state index contributed by atoms with van der Waals surface area (Å²) in [4.78, 5) is 0. The van der Waals surface area contributed by atoms with Crippen LogP contribution < -0.4 is 14.8 Å². The first-order chi connectivity index (χ1) is 9.63. The normalized spacial score (nSPS) is 10.2. The molecular formula is C15H16ClNO3. The van der Waals surface area contributed by atoms with Gasteiger partial charge in [-0.05, 0) is 35.9 Å². The molecule has 5 heteroatoms. The molecule has 2 aromatic rings. The molecule has 0 bridgehead atoms. The molecule has 20 heavy (non-hydrogen) atoms. The van der Waals surface area contributed by atoms with Gasteiger partial charge in [0.25, 0.3) is 0 Å². The van der Waals surface area contributed by atoms with E-state index in [4.69, 9.17) is 21.1 Å². The zero-order valence-electron chi connectivity index (χ0n) is 11.3. The standard InChI is InChI=1S/C15H16ClNO3/c1-19-14-6-4-11(8-12(14)16)17-9-10-3-5-13(18)15(7-10)20-2/h3-8,17-18H,9H2,1-2H3. The molecule has 0 spiro atoms. The maximum absolute atomic E-state index is 9.54. The Kier molecular flexibility index (Phi) is 4.58. The quantitative estimate of drug-likeness (QED) is 0.883. The van der Waals surface area contributed by atoms with Crippen molar-refractivity contribution in [1.29, 1.82) is 0 Å². The van der Waals surface area contributed by atoms with Crippen LogP contribution >= 0.6 is 11.6 Å². The number of hydrogen-bond donors (Lipinski definition) is 2. The molecule has 0 saturated carbocycles. The number of methoxy groups -OCH3 is 2. The van der Waals surface area contributed by atoms with E-state index in [1.165, 1.54) is 7.11 Å². The molecule has 0 saturated heterocycles. The third-order valence-corrected chi connectivity index (χ3v) is 3.19. The summed E-state index contributed by atoms with van der Waals surface area (Å²) in [5, 5.41) is 13.3. The second-order valence-electron chi connectivity index (χ2n) is 4.21. The fourth-order valence-corrected chi connectivity index (χ4v) is 2.07. The zero-order chi connectivity index (χ0) is 14.5. The van der Waals surface area contributed by atoms with Crippen molar-refractivity contribution in [1.82, 2.24) is 0 Å². The number of halogens is 1. The molecular weight excluding hydrogens is 278 g/mol. The van der Waals surface area contributed by atoms with Crippen molar-refractivity contribution in [2.45, 2.75) is 6.54 Å². The molecule has 106 valence electrons. The van der Waals surface area contributed by atoms with Crippen molar-refractivity contribution in [2.24, 2.45) is 0 Å². The first-order valence-corrected chi connectivity index (χ1v) is 6.45. The average Bonchev–Trinajstić information content (AvgIpc) is 2.46. The summed E-state index contributed by atoms with van der Waals surface area (Å²) in [6.45, 7) is 0.597. The highest BCUT2D eigenvalue weighted by molar-refractivity contribution is 6.32. The Morgan fingerprint density at radius 1 is 1.05 bits per heavy atom. The van der Waals surface area contributed by atoms with Gasteiger partial charge < -0.3 is 19.9 Å². The van der Waals surface area contributed by atoms with Crippen LogP contribution in [-0.4, -0.2) is 19.3 Å². The molecule has 0 unspecified atom stereocenters. The topological polar surface area (TPSA) is 50.7 Å². The van der Waals surface area contributed by atoms with Crippen LogP contribution in [0.15, 0.2) is 36.4 Å². The number of nitrogens with one attached hydrogen (secondary N) is 1. The van der Waals surface area contributed by atoms with Gasteiger partial charge in [0.2, 0.25) is 0 Å². The first kappa shape index (κ1) is 14.3. The maximum atomic E-state index is 9.54. The predicted molar refractivity (Wildman–Crippen MR) is 80.0 cm³/mol. The fraction of sp³-hybridized carbons (Fsp3) is 0.200. The van der Waals surface area contributed by atoms with Gasteiger partial charge >= 0.3 is 0 Å². The molecule has 0 aromatic heterocycles. The van der Waals surface area contributed by atoms with Crippen molar-refractivity contribution in [3.05, 3.63) is 47.0 Å². The molecule has 4 nitrogen and oxygen atoms in total. The molecule has 0 heterocycles. The van der Waals surface area contributed by atoms with Crippen molar-refractivity contribution in [2.75, 3.05) is 19.5 Å². The van der Waals surface area contributed by atoms with Crippen LogP contribution in [0.4, 0.5) is 5.69 Å². The Morgan fingerprint density at radius 2 is 1.80 bits per heavy atom. The Bertz CT molecular complexity index is 602. The van der Waals surface area contributed by atoms with Crippen molar-refractivity contribution >= 4 is 17.3 Å². The lowest BCUT2D eigenvalue weighted by Gasteiger charge is -2.10. The van der Waals surface area contributed by atoms with Crippen LogP contribution in [0, 0.1) is 0 Å². The number of anilines is 1. The van der Waals surface area contributed by atoms with E-state index in [9.17, 15) is 5.11 Å². The highest BCUT2D eigenvalue weighted by atomic mass is 35.5. The maximum Gasteiger partial charge on any atom is 0.160 e. The third-order valence-electron chi connectivity index (χ3n) is 2.89. The summed E-state index contributed by atoms with van der Waals surface area (Å²) < 4.78 is 10.2. The zero-order valence-corrected chi connectivity index (χ0v) is 12.1. The Labute approximate surface area is 122 Å².